The minimum Gasteiger partial charge on any atom is -0.274 e. The van der Waals surface area contributed by atoms with Gasteiger partial charge in [0.2, 0.25) is 11.8 Å². The van der Waals surface area contributed by atoms with Gasteiger partial charge in [-0.05, 0) is 17.9 Å². The highest BCUT2D eigenvalue weighted by atomic mass is 35.5. The van der Waals surface area contributed by atoms with E-state index in [-0.39, 0.29) is 30.2 Å². The van der Waals surface area contributed by atoms with Crippen LogP contribution in [0.3, 0.4) is 0 Å². The summed E-state index contributed by atoms with van der Waals surface area (Å²) in [6.07, 6.45) is 0.708. The van der Waals surface area contributed by atoms with E-state index in [1.165, 1.54) is 16.2 Å². The number of thiophene rings is 1. The number of fused-ring (bicyclic) bond motifs is 2. The van der Waals surface area contributed by atoms with Crippen molar-refractivity contribution in [1.29, 1.82) is 0 Å². The molecular weight excluding hydrogens is 286 g/mol. The Morgan fingerprint density at radius 1 is 1.32 bits per heavy atom. The van der Waals surface area contributed by atoms with Crippen molar-refractivity contribution in [2.24, 2.45) is 11.8 Å². The fraction of sp³-hybridized carbons (Fsp3) is 0.333. The predicted molar refractivity (Wildman–Crippen MR) is 69.6 cm³/mol. The van der Waals surface area contributed by atoms with Crippen LogP contribution in [0.1, 0.15) is 12.2 Å². The molecule has 0 N–H and O–H groups in total. The predicted octanol–water partition coefficient (Wildman–Crippen LogP) is 1.85. The van der Waals surface area contributed by atoms with E-state index in [9.17, 15) is 9.59 Å². The lowest BCUT2D eigenvalue weighted by molar-refractivity contribution is -0.142. The van der Waals surface area contributed by atoms with Gasteiger partial charge in [0.25, 0.3) is 0 Å². The van der Waals surface area contributed by atoms with Gasteiger partial charge >= 0.3 is 0 Å². The lowest BCUT2D eigenvalue weighted by Gasteiger charge is -2.15. The summed E-state index contributed by atoms with van der Waals surface area (Å²) in [5.41, 5.74) is 0. The largest absolute Gasteiger partial charge is 0.274 e. The van der Waals surface area contributed by atoms with Crippen molar-refractivity contribution < 1.29 is 9.59 Å². The third-order valence-corrected chi connectivity index (χ3v) is 4.68. The number of halogens is 1. The first-order chi connectivity index (χ1) is 9.15. The highest BCUT2D eigenvalue weighted by Gasteiger charge is 2.58. The van der Waals surface area contributed by atoms with Gasteiger partial charge in [0, 0.05) is 5.39 Å². The Balaban J connectivity index is 1.68. The van der Waals surface area contributed by atoms with E-state index in [2.05, 4.69) is 9.97 Å². The van der Waals surface area contributed by atoms with Gasteiger partial charge in [-0.3, -0.25) is 14.5 Å². The second-order valence-corrected chi connectivity index (χ2v) is 6.03. The number of carbonyl (C=O) groups is 2. The summed E-state index contributed by atoms with van der Waals surface area (Å²) < 4.78 is 0. The smallest absolute Gasteiger partial charge is 0.233 e. The topological polar surface area (TPSA) is 63.2 Å². The zero-order chi connectivity index (χ0) is 13.1. The van der Waals surface area contributed by atoms with Crippen molar-refractivity contribution in [2.45, 2.75) is 13.0 Å². The van der Waals surface area contributed by atoms with E-state index in [1.807, 2.05) is 11.4 Å². The van der Waals surface area contributed by atoms with Crippen LogP contribution in [0.25, 0.3) is 10.2 Å². The van der Waals surface area contributed by atoms with E-state index in [4.69, 9.17) is 11.6 Å². The number of hydrogen-bond acceptors (Lipinski definition) is 5. The number of piperidine rings is 1. The van der Waals surface area contributed by atoms with Crippen molar-refractivity contribution in [3.05, 3.63) is 22.4 Å². The number of rotatable bonds is 2. The molecule has 3 heterocycles. The molecule has 1 aliphatic heterocycles. The summed E-state index contributed by atoms with van der Waals surface area (Å²) in [7, 11) is 0. The van der Waals surface area contributed by atoms with Crippen LogP contribution in [0.4, 0.5) is 0 Å². The maximum absolute atomic E-state index is 11.9. The molecule has 2 amide bonds. The lowest BCUT2D eigenvalue weighted by atomic mass is 10.4. The number of amides is 2. The van der Waals surface area contributed by atoms with Crippen LogP contribution in [-0.2, 0) is 16.1 Å². The van der Waals surface area contributed by atoms with Crippen LogP contribution in [-0.4, -0.2) is 26.7 Å². The lowest BCUT2D eigenvalue weighted by Crippen LogP contribution is -2.33. The Labute approximate surface area is 117 Å². The summed E-state index contributed by atoms with van der Waals surface area (Å²) in [5.74, 6) is 0.0480. The number of likely N-dealkylation sites (tertiary alicyclic amines) is 1. The SMILES string of the molecule is O=C1C2CC2C(=O)N1Cc1nc(Cl)c2ccsc2n1. The van der Waals surface area contributed by atoms with Gasteiger partial charge in [-0.15, -0.1) is 11.3 Å². The standard InChI is InChI=1S/C12H8ClN3O2S/c13-9-5-1-2-19-10(5)15-8(14-9)4-16-11(17)6-3-7(6)12(16)18/h1-2,6-7H,3-4H2. The van der Waals surface area contributed by atoms with Crippen molar-refractivity contribution in [1.82, 2.24) is 14.9 Å². The maximum Gasteiger partial charge on any atom is 0.233 e. The van der Waals surface area contributed by atoms with Crippen molar-refractivity contribution in [3.8, 4) is 0 Å². The Kier molecular flexibility index (Phi) is 2.23. The number of carbonyl (C=O) groups excluding carboxylic acids is 2. The van der Waals surface area contributed by atoms with E-state index >= 15 is 0 Å². The van der Waals surface area contributed by atoms with Gasteiger partial charge in [0.05, 0.1) is 18.4 Å². The molecule has 5 nitrogen and oxygen atoms in total. The number of hydrogen-bond donors (Lipinski definition) is 0. The first-order valence-electron chi connectivity index (χ1n) is 5.90. The summed E-state index contributed by atoms with van der Waals surface area (Å²) in [4.78, 5) is 34.3. The molecule has 7 heteroatoms. The molecule has 0 bridgehead atoms. The number of nitrogens with zero attached hydrogens (tertiary/aromatic N) is 3. The second-order valence-electron chi connectivity index (χ2n) is 4.78. The van der Waals surface area contributed by atoms with Crippen molar-refractivity contribution >= 4 is 45.0 Å². The third-order valence-electron chi connectivity index (χ3n) is 3.58. The Bertz CT molecular complexity index is 709. The summed E-state index contributed by atoms with van der Waals surface area (Å²) >= 11 is 7.53. The van der Waals surface area contributed by atoms with Crippen LogP contribution in [0.2, 0.25) is 5.15 Å². The molecule has 1 aliphatic carbocycles. The Morgan fingerprint density at radius 2 is 2.05 bits per heavy atom. The van der Waals surface area contributed by atoms with Crippen LogP contribution in [0, 0.1) is 11.8 Å². The molecule has 2 unspecified atom stereocenters. The molecule has 2 atom stereocenters. The summed E-state index contributed by atoms with van der Waals surface area (Å²) in [6.45, 7) is 0.123. The molecular formula is C12H8ClN3O2S. The average Bonchev–Trinajstić information content (AvgIpc) is 2.98. The molecule has 1 saturated heterocycles. The van der Waals surface area contributed by atoms with Crippen molar-refractivity contribution in [2.75, 3.05) is 0 Å². The Hall–Kier alpha value is -1.53. The van der Waals surface area contributed by atoms with Crippen LogP contribution >= 0.6 is 22.9 Å². The number of imide groups is 1. The van der Waals surface area contributed by atoms with E-state index in [0.29, 0.717) is 17.4 Å². The van der Waals surface area contributed by atoms with Crippen LogP contribution < -0.4 is 0 Å². The van der Waals surface area contributed by atoms with Crippen LogP contribution in [0.15, 0.2) is 11.4 Å². The highest BCUT2D eigenvalue weighted by molar-refractivity contribution is 7.16. The zero-order valence-electron chi connectivity index (χ0n) is 9.67. The second kappa shape index (κ2) is 3.74. The van der Waals surface area contributed by atoms with Gasteiger partial charge in [0.15, 0.2) is 5.82 Å². The monoisotopic (exact) mass is 293 g/mol. The van der Waals surface area contributed by atoms with Gasteiger partial charge in [-0.25, -0.2) is 9.97 Å². The maximum atomic E-state index is 11.9. The van der Waals surface area contributed by atoms with Crippen molar-refractivity contribution in [3.63, 3.8) is 0 Å². The number of aromatic nitrogens is 2. The van der Waals surface area contributed by atoms with Gasteiger partial charge < -0.3 is 0 Å². The van der Waals surface area contributed by atoms with E-state index in [1.54, 1.807) is 0 Å². The Morgan fingerprint density at radius 3 is 2.79 bits per heavy atom. The minimum absolute atomic E-state index is 0.0894. The molecule has 0 spiro atoms. The summed E-state index contributed by atoms with van der Waals surface area (Å²) in [5, 5.41) is 3.05. The van der Waals surface area contributed by atoms with E-state index < -0.39 is 0 Å². The van der Waals surface area contributed by atoms with Crippen LogP contribution in [0.5, 0.6) is 0 Å². The molecule has 1 saturated carbocycles. The molecule has 2 fully saturated rings. The third kappa shape index (κ3) is 1.60. The van der Waals surface area contributed by atoms with Gasteiger partial charge in [-0.1, -0.05) is 11.6 Å². The minimum atomic E-state index is -0.0963. The van der Waals surface area contributed by atoms with Gasteiger partial charge in [0.1, 0.15) is 9.98 Å². The molecule has 2 aliphatic rings. The average molecular weight is 294 g/mol. The molecule has 4 rings (SSSR count). The molecule has 96 valence electrons. The fourth-order valence-corrected chi connectivity index (χ4v) is 3.57. The zero-order valence-corrected chi connectivity index (χ0v) is 11.2. The van der Waals surface area contributed by atoms with E-state index in [0.717, 1.165) is 10.2 Å². The van der Waals surface area contributed by atoms with Gasteiger partial charge in [-0.2, -0.15) is 0 Å². The summed E-state index contributed by atoms with van der Waals surface area (Å²) in [6, 6.07) is 1.85. The fourth-order valence-electron chi connectivity index (χ4n) is 2.48. The molecule has 2 aromatic rings. The molecule has 2 aromatic heterocycles. The quantitative estimate of drug-likeness (QED) is 0.626. The highest BCUT2D eigenvalue weighted by Crippen LogP contribution is 2.47. The normalized spacial score (nSPS) is 25.2. The first-order valence-corrected chi connectivity index (χ1v) is 7.16. The first kappa shape index (κ1) is 11.3. The molecule has 0 aromatic carbocycles. The molecule has 0 radical (unpaired) electrons. The molecule has 19 heavy (non-hydrogen) atoms.